The van der Waals surface area contributed by atoms with Crippen LogP contribution in [0.5, 0.6) is 0 Å². The third-order valence-electron chi connectivity index (χ3n) is 6.07. The zero-order valence-corrected chi connectivity index (χ0v) is 17.7. The summed E-state index contributed by atoms with van der Waals surface area (Å²) in [4.78, 5) is 32.4. The van der Waals surface area contributed by atoms with Gasteiger partial charge in [0.15, 0.2) is 0 Å². The number of aromatic nitrogens is 1. The molecule has 5 rings (SSSR count). The Hall–Kier alpha value is -2.99. The number of amides is 3. The number of aryl methyl sites for hydroxylation is 2. The Morgan fingerprint density at radius 2 is 1.90 bits per heavy atom. The summed E-state index contributed by atoms with van der Waals surface area (Å²) in [7, 11) is 0. The number of fused-ring (bicyclic) bond motifs is 2. The number of benzene rings is 2. The fourth-order valence-corrected chi connectivity index (χ4v) is 5.30. The number of carbonyl (C=O) groups excluding carboxylic acids is 2. The molecule has 6 heteroatoms. The molecule has 1 N–H and O–H groups in total. The van der Waals surface area contributed by atoms with Crippen molar-refractivity contribution in [3.05, 3.63) is 76.3 Å². The van der Waals surface area contributed by atoms with Crippen LogP contribution >= 0.6 is 11.3 Å². The van der Waals surface area contributed by atoms with Gasteiger partial charge in [0.05, 0.1) is 12.2 Å². The lowest BCUT2D eigenvalue weighted by Gasteiger charge is -2.27. The molecule has 0 unspecified atom stereocenters. The van der Waals surface area contributed by atoms with E-state index in [0.29, 0.717) is 6.42 Å². The maximum atomic E-state index is 13.5. The first kappa shape index (κ1) is 19.0. The van der Waals surface area contributed by atoms with Crippen LogP contribution in [0.15, 0.2) is 53.9 Å². The Morgan fingerprint density at radius 1 is 1.10 bits per heavy atom. The van der Waals surface area contributed by atoms with E-state index in [1.807, 2.05) is 35.7 Å². The second kappa shape index (κ2) is 7.36. The van der Waals surface area contributed by atoms with Crippen molar-refractivity contribution < 1.29 is 9.59 Å². The molecule has 1 saturated heterocycles. The molecule has 1 fully saturated rings. The number of carbonyl (C=O) groups is 2. The predicted molar refractivity (Wildman–Crippen MR) is 117 cm³/mol. The molecule has 1 aromatic heterocycles. The number of rotatable bonds is 3. The molecule has 152 valence electrons. The van der Waals surface area contributed by atoms with Gasteiger partial charge in [0, 0.05) is 10.9 Å². The van der Waals surface area contributed by atoms with E-state index in [2.05, 4.69) is 35.4 Å². The smallest absolute Gasteiger partial charge is 0.319 e. The van der Waals surface area contributed by atoms with Gasteiger partial charge in [0.2, 0.25) is 0 Å². The minimum atomic E-state index is -0.944. The maximum absolute atomic E-state index is 13.5. The lowest BCUT2D eigenvalue weighted by atomic mass is 9.84. The molecule has 5 nitrogen and oxygen atoms in total. The maximum Gasteiger partial charge on any atom is 0.325 e. The van der Waals surface area contributed by atoms with Gasteiger partial charge in [0.1, 0.15) is 10.5 Å². The first-order chi connectivity index (χ1) is 14.6. The number of nitrogens with zero attached hydrogens (tertiary/aromatic N) is 2. The predicted octanol–water partition coefficient (Wildman–Crippen LogP) is 4.79. The second-order valence-corrected chi connectivity index (χ2v) is 8.96. The normalized spacial score (nSPS) is 20.9. The van der Waals surface area contributed by atoms with Gasteiger partial charge in [-0.2, -0.15) is 0 Å². The molecule has 1 aliphatic carbocycles. The Labute approximate surface area is 179 Å². The summed E-state index contributed by atoms with van der Waals surface area (Å²) < 4.78 is 0. The largest absolute Gasteiger partial charge is 0.325 e. The molecule has 1 atom stereocenters. The van der Waals surface area contributed by atoms with Crippen molar-refractivity contribution in [3.63, 3.8) is 0 Å². The number of hydrogen-bond donors (Lipinski definition) is 1. The van der Waals surface area contributed by atoms with Crippen LogP contribution in [0.25, 0.3) is 10.6 Å². The van der Waals surface area contributed by atoms with Crippen LogP contribution in [-0.4, -0.2) is 21.8 Å². The van der Waals surface area contributed by atoms with Crippen molar-refractivity contribution in [3.8, 4) is 10.6 Å². The van der Waals surface area contributed by atoms with E-state index < -0.39 is 5.54 Å². The summed E-state index contributed by atoms with van der Waals surface area (Å²) in [5.41, 5.74) is 4.13. The number of thiazole rings is 1. The van der Waals surface area contributed by atoms with Gasteiger partial charge in [-0.05, 0) is 43.7 Å². The first-order valence-corrected chi connectivity index (χ1v) is 11.2. The Morgan fingerprint density at radius 3 is 2.73 bits per heavy atom. The molecular weight excluding hydrogens is 394 g/mol. The average molecular weight is 418 g/mol. The molecule has 30 heavy (non-hydrogen) atoms. The van der Waals surface area contributed by atoms with E-state index in [9.17, 15) is 9.59 Å². The molecule has 1 spiro atoms. The van der Waals surface area contributed by atoms with E-state index in [1.54, 1.807) is 0 Å². The highest BCUT2D eigenvalue weighted by atomic mass is 32.1. The molecule has 0 bridgehead atoms. The first-order valence-electron chi connectivity index (χ1n) is 10.3. The number of nitrogens with one attached hydrogen (secondary N) is 1. The van der Waals surface area contributed by atoms with Crippen LogP contribution in [0.4, 0.5) is 4.79 Å². The molecule has 3 amide bonds. The van der Waals surface area contributed by atoms with Crippen LogP contribution in [0, 0.1) is 6.92 Å². The fourth-order valence-electron chi connectivity index (χ4n) is 4.49. The molecule has 3 aromatic rings. The zero-order chi connectivity index (χ0) is 20.7. The minimum Gasteiger partial charge on any atom is -0.319 e. The van der Waals surface area contributed by atoms with Gasteiger partial charge in [-0.15, -0.1) is 11.3 Å². The Bertz CT molecular complexity index is 1120. The Balaban J connectivity index is 1.43. The van der Waals surface area contributed by atoms with Gasteiger partial charge in [-0.1, -0.05) is 54.1 Å². The van der Waals surface area contributed by atoms with Gasteiger partial charge in [-0.25, -0.2) is 9.78 Å². The van der Waals surface area contributed by atoms with Crippen molar-refractivity contribution in [2.45, 2.75) is 44.7 Å². The van der Waals surface area contributed by atoms with Gasteiger partial charge in [0.25, 0.3) is 5.91 Å². The zero-order valence-electron chi connectivity index (χ0n) is 16.9. The van der Waals surface area contributed by atoms with E-state index in [0.717, 1.165) is 46.7 Å². The number of imide groups is 1. The lowest BCUT2D eigenvalue weighted by Crippen LogP contribution is -2.44. The summed E-state index contributed by atoms with van der Waals surface area (Å²) in [6.45, 7) is 2.24. The molecule has 0 saturated carbocycles. The molecule has 2 heterocycles. The topological polar surface area (TPSA) is 62.3 Å². The summed E-state index contributed by atoms with van der Waals surface area (Å²) in [6.07, 6.45) is 3.50. The number of urea groups is 1. The molecule has 0 radical (unpaired) electrons. The van der Waals surface area contributed by atoms with Crippen molar-refractivity contribution in [2.24, 2.45) is 0 Å². The van der Waals surface area contributed by atoms with E-state index in [4.69, 9.17) is 0 Å². The highest BCUT2D eigenvalue weighted by molar-refractivity contribution is 7.13. The van der Waals surface area contributed by atoms with Crippen LogP contribution in [0.3, 0.4) is 0 Å². The van der Waals surface area contributed by atoms with Crippen molar-refractivity contribution >= 4 is 23.3 Å². The average Bonchev–Trinajstić information content (AvgIpc) is 3.25. The molecule has 2 aromatic carbocycles. The van der Waals surface area contributed by atoms with E-state index >= 15 is 0 Å². The van der Waals surface area contributed by atoms with Crippen molar-refractivity contribution in [2.75, 3.05) is 0 Å². The standard InChI is InChI=1S/C24H23N3O2S/c1-16-9-11-18(12-10-16)21-25-19(15-30-21)14-27-22(28)24(26-23(27)29)13-5-4-7-17-6-2-3-8-20(17)24/h2-3,6,8-12,15H,4-5,7,13-14H2,1H3,(H,26,29)/t24-/m1/s1. The fraction of sp³-hybridized carbons (Fsp3) is 0.292. The molecule has 1 aliphatic heterocycles. The van der Waals surface area contributed by atoms with Crippen LogP contribution in [0.2, 0.25) is 0 Å². The van der Waals surface area contributed by atoms with Gasteiger partial charge < -0.3 is 5.32 Å². The molecule has 2 aliphatic rings. The van der Waals surface area contributed by atoms with Gasteiger partial charge >= 0.3 is 6.03 Å². The van der Waals surface area contributed by atoms with Crippen LogP contribution < -0.4 is 5.32 Å². The lowest BCUT2D eigenvalue weighted by molar-refractivity contribution is -0.132. The van der Waals surface area contributed by atoms with E-state index in [-0.39, 0.29) is 18.5 Å². The Kier molecular flexibility index (Phi) is 4.66. The van der Waals surface area contributed by atoms with Crippen molar-refractivity contribution in [1.82, 2.24) is 15.2 Å². The third kappa shape index (κ3) is 3.12. The third-order valence-corrected chi connectivity index (χ3v) is 7.01. The summed E-state index contributed by atoms with van der Waals surface area (Å²) in [6, 6.07) is 15.9. The monoisotopic (exact) mass is 417 g/mol. The summed E-state index contributed by atoms with van der Waals surface area (Å²) >= 11 is 1.53. The summed E-state index contributed by atoms with van der Waals surface area (Å²) in [5.74, 6) is -0.160. The van der Waals surface area contributed by atoms with E-state index in [1.165, 1.54) is 21.8 Å². The summed E-state index contributed by atoms with van der Waals surface area (Å²) in [5, 5.41) is 5.87. The van der Waals surface area contributed by atoms with Crippen LogP contribution in [0.1, 0.15) is 41.6 Å². The van der Waals surface area contributed by atoms with Crippen LogP contribution in [-0.2, 0) is 23.3 Å². The van der Waals surface area contributed by atoms with Gasteiger partial charge in [-0.3, -0.25) is 9.69 Å². The SMILES string of the molecule is Cc1ccc(-c2nc(CN3C(=O)N[C@@]4(CCCCc5ccccc54)C3=O)cs2)cc1. The minimum absolute atomic E-state index is 0.160. The quantitative estimate of drug-likeness (QED) is 0.623. The molecular formula is C24H23N3O2S. The van der Waals surface area contributed by atoms with Crippen molar-refractivity contribution in [1.29, 1.82) is 0 Å². The second-order valence-electron chi connectivity index (χ2n) is 8.10. The highest BCUT2D eigenvalue weighted by Crippen LogP contribution is 2.39. The number of hydrogen-bond acceptors (Lipinski definition) is 4. The highest BCUT2D eigenvalue weighted by Gasteiger charge is 2.53.